The largest absolute Gasteiger partial charge is 0.493 e. The van der Waals surface area contributed by atoms with Gasteiger partial charge in [0, 0.05) is 31.7 Å². The fraction of sp³-hybridized carbons (Fsp3) is 0.300. The number of aryl methyl sites for hydroxylation is 4. The Bertz CT molecular complexity index is 1100. The molecule has 0 fully saturated rings. The van der Waals surface area contributed by atoms with Gasteiger partial charge < -0.3 is 9.67 Å². The van der Waals surface area contributed by atoms with Crippen molar-refractivity contribution in [1.29, 1.82) is 0 Å². The highest BCUT2D eigenvalue weighted by Crippen LogP contribution is 2.23. The van der Waals surface area contributed by atoms with E-state index in [-0.39, 0.29) is 5.56 Å². The Balaban J connectivity index is 1.91. The first kappa shape index (κ1) is 19.3. The summed E-state index contributed by atoms with van der Waals surface area (Å²) in [6, 6.07) is 3.84. The molecule has 2 aromatic heterocycles. The summed E-state index contributed by atoms with van der Waals surface area (Å²) in [5.74, 6) is -0.415. The molecule has 0 radical (unpaired) electrons. The minimum absolute atomic E-state index is 0.0402. The van der Waals surface area contributed by atoms with E-state index in [0.717, 1.165) is 34.2 Å². The maximum absolute atomic E-state index is 12.4. The van der Waals surface area contributed by atoms with Crippen molar-refractivity contribution in [2.75, 3.05) is 6.54 Å². The first-order valence-corrected chi connectivity index (χ1v) is 9.00. The Labute approximate surface area is 161 Å². The van der Waals surface area contributed by atoms with Crippen LogP contribution in [-0.2, 0) is 6.54 Å². The molecule has 0 atom stereocenters. The molecule has 0 saturated heterocycles. The van der Waals surface area contributed by atoms with Crippen LogP contribution in [0.3, 0.4) is 0 Å². The van der Waals surface area contributed by atoms with Crippen LogP contribution in [0.4, 0.5) is 0 Å². The number of imidazole rings is 1. The van der Waals surface area contributed by atoms with Crippen LogP contribution < -0.4 is 11.2 Å². The second kappa shape index (κ2) is 8.08. The number of aromatic hydroxyl groups is 1. The van der Waals surface area contributed by atoms with Crippen molar-refractivity contribution in [1.82, 2.24) is 19.1 Å². The number of H-pyrrole nitrogens is 1. The van der Waals surface area contributed by atoms with Gasteiger partial charge in [-0.15, -0.1) is 0 Å². The van der Waals surface area contributed by atoms with Crippen LogP contribution in [-0.4, -0.2) is 37.0 Å². The highest BCUT2D eigenvalue weighted by Gasteiger charge is 2.17. The van der Waals surface area contributed by atoms with E-state index in [2.05, 4.69) is 15.0 Å². The zero-order valence-corrected chi connectivity index (χ0v) is 16.1. The summed E-state index contributed by atoms with van der Waals surface area (Å²) in [5, 5.41) is 10.7. The van der Waals surface area contributed by atoms with Gasteiger partial charge in [0.15, 0.2) is 0 Å². The number of nitrogens with one attached hydrogen (secondary N) is 1. The number of aliphatic imine (C=N–C) groups is 1. The highest BCUT2D eigenvalue weighted by atomic mass is 16.3. The Kier molecular flexibility index (Phi) is 5.58. The van der Waals surface area contributed by atoms with Crippen molar-refractivity contribution >= 4 is 6.21 Å². The first-order valence-electron chi connectivity index (χ1n) is 9.00. The maximum Gasteiger partial charge on any atom is 0.335 e. The lowest BCUT2D eigenvalue weighted by Crippen LogP contribution is -2.32. The SMILES string of the molecule is Cc1cc(C)c(-n2c(O)c(C=NCCCn3ccnc3)c(=O)[nH]c2=O)c(C)c1. The van der Waals surface area contributed by atoms with Crippen LogP contribution in [0.5, 0.6) is 5.88 Å². The summed E-state index contributed by atoms with van der Waals surface area (Å²) in [6.07, 6.45) is 7.36. The van der Waals surface area contributed by atoms with Crippen LogP contribution in [0.1, 0.15) is 28.7 Å². The zero-order valence-electron chi connectivity index (χ0n) is 16.1. The van der Waals surface area contributed by atoms with Crippen molar-refractivity contribution < 1.29 is 5.11 Å². The summed E-state index contributed by atoms with van der Waals surface area (Å²) in [7, 11) is 0. The number of hydrogen-bond donors (Lipinski definition) is 2. The van der Waals surface area contributed by atoms with Gasteiger partial charge in [-0.2, -0.15) is 0 Å². The molecule has 0 spiro atoms. The van der Waals surface area contributed by atoms with Gasteiger partial charge in [0.1, 0.15) is 5.56 Å². The zero-order chi connectivity index (χ0) is 20.3. The van der Waals surface area contributed by atoms with Gasteiger partial charge in [-0.25, -0.2) is 14.3 Å². The number of rotatable bonds is 6. The third-order valence-corrected chi connectivity index (χ3v) is 4.46. The van der Waals surface area contributed by atoms with Crippen LogP contribution in [0.25, 0.3) is 5.69 Å². The third kappa shape index (κ3) is 3.95. The lowest BCUT2D eigenvalue weighted by molar-refractivity contribution is 0.429. The predicted octanol–water partition coefficient (Wildman–Crippen LogP) is 1.86. The van der Waals surface area contributed by atoms with E-state index >= 15 is 0 Å². The van der Waals surface area contributed by atoms with E-state index < -0.39 is 17.1 Å². The average Bonchev–Trinajstić information content (AvgIpc) is 3.12. The molecule has 0 bridgehead atoms. The van der Waals surface area contributed by atoms with Gasteiger partial charge in [0.2, 0.25) is 5.88 Å². The molecule has 28 heavy (non-hydrogen) atoms. The standard InChI is InChI=1S/C20H23N5O3/c1-13-9-14(2)17(15(3)10-13)25-19(27)16(18(26)23-20(25)28)11-21-5-4-7-24-8-6-22-12-24/h6,8-12,27H,4-5,7H2,1-3H3,(H,23,26,28). The van der Waals surface area contributed by atoms with Gasteiger partial charge in [-0.3, -0.25) is 14.8 Å². The molecule has 0 aliphatic heterocycles. The van der Waals surface area contributed by atoms with Crippen molar-refractivity contribution in [3.8, 4) is 11.6 Å². The van der Waals surface area contributed by atoms with Gasteiger partial charge in [0.05, 0.1) is 12.0 Å². The predicted molar refractivity (Wildman–Crippen MR) is 108 cm³/mol. The molecule has 0 aliphatic carbocycles. The van der Waals surface area contributed by atoms with Gasteiger partial charge in [-0.1, -0.05) is 17.7 Å². The number of hydrogen-bond acceptors (Lipinski definition) is 5. The summed E-state index contributed by atoms with van der Waals surface area (Å²) in [4.78, 5) is 35.1. The molecule has 0 aliphatic rings. The fourth-order valence-electron chi connectivity index (χ4n) is 3.31. The first-order chi connectivity index (χ1) is 13.4. The van der Waals surface area contributed by atoms with E-state index in [1.807, 2.05) is 43.7 Å². The van der Waals surface area contributed by atoms with Gasteiger partial charge >= 0.3 is 5.69 Å². The average molecular weight is 381 g/mol. The van der Waals surface area contributed by atoms with Crippen molar-refractivity contribution in [3.63, 3.8) is 0 Å². The fourth-order valence-corrected chi connectivity index (χ4v) is 3.31. The molecule has 8 nitrogen and oxygen atoms in total. The van der Waals surface area contributed by atoms with E-state index in [0.29, 0.717) is 12.2 Å². The van der Waals surface area contributed by atoms with Crippen LogP contribution in [0, 0.1) is 20.8 Å². The Morgan fingerprint density at radius 2 is 1.93 bits per heavy atom. The molecule has 2 heterocycles. The molecule has 0 amide bonds. The molecule has 8 heteroatoms. The molecular weight excluding hydrogens is 358 g/mol. The molecule has 0 unspecified atom stereocenters. The van der Waals surface area contributed by atoms with Crippen LogP contribution in [0.15, 0.2) is 45.4 Å². The normalized spacial score (nSPS) is 11.4. The Hall–Kier alpha value is -3.42. The Morgan fingerprint density at radius 3 is 2.57 bits per heavy atom. The van der Waals surface area contributed by atoms with Crippen molar-refractivity contribution in [2.24, 2.45) is 4.99 Å². The molecule has 3 rings (SSSR count). The van der Waals surface area contributed by atoms with Crippen molar-refractivity contribution in [3.05, 3.63) is 73.9 Å². The number of nitrogens with zero attached hydrogens (tertiary/aromatic N) is 4. The summed E-state index contributed by atoms with van der Waals surface area (Å²) >= 11 is 0. The lowest BCUT2D eigenvalue weighted by Gasteiger charge is -2.15. The van der Waals surface area contributed by atoms with Gasteiger partial charge in [0.25, 0.3) is 5.56 Å². The monoisotopic (exact) mass is 381 g/mol. The number of aromatic amines is 1. The smallest absolute Gasteiger partial charge is 0.335 e. The third-order valence-electron chi connectivity index (χ3n) is 4.46. The topological polar surface area (TPSA) is 105 Å². The minimum Gasteiger partial charge on any atom is -0.493 e. The van der Waals surface area contributed by atoms with E-state index in [9.17, 15) is 14.7 Å². The lowest BCUT2D eigenvalue weighted by atomic mass is 10.0. The number of aromatic nitrogens is 4. The van der Waals surface area contributed by atoms with Crippen LogP contribution in [0.2, 0.25) is 0 Å². The summed E-state index contributed by atoms with van der Waals surface area (Å²) in [6.45, 7) is 6.90. The Morgan fingerprint density at radius 1 is 1.21 bits per heavy atom. The molecule has 146 valence electrons. The quantitative estimate of drug-likeness (QED) is 0.502. The molecule has 0 saturated carbocycles. The highest BCUT2D eigenvalue weighted by molar-refractivity contribution is 5.82. The number of benzene rings is 1. The minimum atomic E-state index is -0.685. The van der Waals surface area contributed by atoms with Crippen LogP contribution >= 0.6 is 0 Å². The maximum atomic E-state index is 12.4. The molecule has 1 aromatic carbocycles. The molecular formula is C20H23N5O3. The second-order valence-electron chi connectivity index (χ2n) is 6.77. The van der Waals surface area contributed by atoms with Gasteiger partial charge in [-0.05, 0) is 38.3 Å². The second-order valence-corrected chi connectivity index (χ2v) is 6.77. The van der Waals surface area contributed by atoms with E-state index in [1.54, 1.807) is 12.5 Å². The molecule has 3 aromatic rings. The van der Waals surface area contributed by atoms with E-state index in [1.165, 1.54) is 6.21 Å². The summed E-state index contributed by atoms with van der Waals surface area (Å²) < 4.78 is 3.06. The molecule has 2 N–H and O–H groups in total. The van der Waals surface area contributed by atoms with Crippen molar-refractivity contribution in [2.45, 2.75) is 33.7 Å². The summed E-state index contributed by atoms with van der Waals surface area (Å²) in [5.41, 5.74) is 1.86. The van der Waals surface area contributed by atoms with E-state index in [4.69, 9.17) is 0 Å².